The van der Waals surface area contributed by atoms with Gasteiger partial charge in [0, 0.05) is 31.1 Å². The highest BCUT2D eigenvalue weighted by molar-refractivity contribution is 7.99. The number of hydrogen-bond donors (Lipinski definition) is 1. The minimum Gasteiger partial charge on any atom is -0.385 e. The molecule has 0 aliphatic carbocycles. The van der Waals surface area contributed by atoms with Crippen molar-refractivity contribution in [1.82, 2.24) is 4.90 Å². The second kappa shape index (κ2) is 6.85. The Labute approximate surface area is 119 Å². The van der Waals surface area contributed by atoms with Crippen LogP contribution in [0.2, 0.25) is 0 Å². The summed E-state index contributed by atoms with van der Waals surface area (Å²) in [6, 6.07) is 6.03. The van der Waals surface area contributed by atoms with Crippen LogP contribution < -0.4 is 5.32 Å². The molecule has 0 atom stereocenters. The third kappa shape index (κ3) is 3.66. The lowest BCUT2D eigenvalue weighted by Crippen LogP contribution is -2.33. The number of anilines is 1. The Morgan fingerprint density at radius 1 is 1.37 bits per heavy atom. The van der Waals surface area contributed by atoms with Crippen molar-refractivity contribution in [3.63, 3.8) is 0 Å². The van der Waals surface area contributed by atoms with Crippen molar-refractivity contribution in [2.45, 2.75) is 20.3 Å². The maximum Gasteiger partial charge on any atom is 0.255 e. The van der Waals surface area contributed by atoms with Crippen LogP contribution in [0.15, 0.2) is 18.2 Å². The summed E-state index contributed by atoms with van der Waals surface area (Å²) >= 11 is 1.94. The van der Waals surface area contributed by atoms with Crippen molar-refractivity contribution in [2.24, 2.45) is 0 Å². The van der Waals surface area contributed by atoms with Gasteiger partial charge < -0.3 is 10.2 Å². The topological polar surface area (TPSA) is 32.3 Å². The summed E-state index contributed by atoms with van der Waals surface area (Å²) in [4.78, 5) is 14.6. The first-order valence-electron chi connectivity index (χ1n) is 6.94. The highest BCUT2D eigenvalue weighted by Crippen LogP contribution is 2.21. The van der Waals surface area contributed by atoms with Crippen LogP contribution in [0.3, 0.4) is 0 Å². The molecule has 0 bridgehead atoms. The highest BCUT2D eigenvalue weighted by atomic mass is 32.2. The zero-order valence-electron chi connectivity index (χ0n) is 11.7. The molecule has 1 aliphatic heterocycles. The predicted octanol–water partition coefficient (Wildman–Crippen LogP) is 3.01. The van der Waals surface area contributed by atoms with Gasteiger partial charge in [-0.25, -0.2) is 0 Å². The van der Waals surface area contributed by atoms with Gasteiger partial charge in [0.2, 0.25) is 0 Å². The summed E-state index contributed by atoms with van der Waals surface area (Å²) in [5.74, 6) is 2.38. The second-order valence-electron chi connectivity index (χ2n) is 4.84. The number of carbonyl (C=O) groups excluding carboxylic acids is 1. The molecule has 1 aromatic carbocycles. The molecule has 3 nitrogen and oxygen atoms in total. The molecule has 4 heteroatoms. The lowest BCUT2D eigenvalue weighted by Gasteiger charge is -2.22. The van der Waals surface area contributed by atoms with Crippen LogP contribution in [-0.2, 0) is 0 Å². The first kappa shape index (κ1) is 14.3. The molecular weight excluding hydrogens is 256 g/mol. The van der Waals surface area contributed by atoms with Crippen molar-refractivity contribution in [3.05, 3.63) is 29.3 Å². The molecule has 0 radical (unpaired) electrons. The molecule has 1 fully saturated rings. The fourth-order valence-corrected chi connectivity index (χ4v) is 3.19. The van der Waals surface area contributed by atoms with Crippen molar-refractivity contribution in [2.75, 3.05) is 36.5 Å². The van der Waals surface area contributed by atoms with E-state index in [1.54, 1.807) is 0 Å². The molecule has 1 amide bonds. The van der Waals surface area contributed by atoms with Gasteiger partial charge in [-0.05, 0) is 43.7 Å². The Morgan fingerprint density at radius 2 is 2.21 bits per heavy atom. The van der Waals surface area contributed by atoms with Crippen LogP contribution in [0.4, 0.5) is 5.69 Å². The van der Waals surface area contributed by atoms with Gasteiger partial charge in [-0.1, -0.05) is 6.07 Å². The van der Waals surface area contributed by atoms with E-state index in [-0.39, 0.29) is 5.91 Å². The SMILES string of the molecule is CCNc1cc(C)ccc1C(=O)N1CCCSCC1. The first-order valence-corrected chi connectivity index (χ1v) is 8.09. The fraction of sp³-hybridized carbons (Fsp3) is 0.533. The zero-order valence-corrected chi connectivity index (χ0v) is 12.6. The molecule has 19 heavy (non-hydrogen) atoms. The van der Waals surface area contributed by atoms with E-state index in [1.807, 2.05) is 28.8 Å². The van der Waals surface area contributed by atoms with Gasteiger partial charge >= 0.3 is 0 Å². The largest absolute Gasteiger partial charge is 0.385 e. The summed E-state index contributed by atoms with van der Waals surface area (Å²) in [7, 11) is 0. The van der Waals surface area contributed by atoms with Gasteiger partial charge in [-0.3, -0.25) is 4.79 Å². The Morgan fingerprint density at radius 3 is 3.00 bits per heavy atom. The molecule has 1 N–H and O–H groups in total. The standard InChI is InChI=1S/C15H22N2OS/c1-3-16-14-11-12(2)5-6-13(14)15(18)17-7-4-9-19-10-8-17/h5-6,11,16H,3-4,7-10H2,1-2H3. The van der Waals surface area contributed by atoms with Crippen LogP contribution in [0.5, 0.6) is 0 Å². The number of carbonyl (C=O) groups is 1. The van der Waals surface area contributed by atoms with Crippen molar-refractivity contribution in [3.8, 4) is 0 Å². The van der Waals surface area contributed by atoms with Gasteiger partial charge in [0.1, 0.15) is 0 Å². The molecular formula is C15H22N2OS. The van der Waals surface area contributed by atoms with Crippen molar-refractivity contribution < 1.29 is 4.79 Å². The summed E-state index contributed by atoms with van der Waals surface area (Å²) in [6.45, 7) is 6.69. The van der Waals surface area contributed by atoms with Crippen LogP contribution in [-0.4, -0.2) is 41.9 Å². The third-order valence-corrected chi connectivity index (χ3v) is 4.33. The van der Waals surface area contributed by atoms with Crippen molar-refractivity contribution >= 4 is 23.4 Å². The van der Waals surface area contributed by atoms with E-state index in [2.05, 4.69) is 25.2 Å². The first-order chi connectivity index (χ1) is 9.22. The smallest absolute Gasteiger partial charge is 0.255 e. The van der Waals surface area contributed by atoms with Crippen LogP contribution in [0.1, 0.15) is 29.3 Å². The second-order valence-corrected chi connectivity index (χ2v) is 6.06. The normalized spacial score (nSPS) is 16.0. The number of aryl methyl sites for hydroxylation is 1. The molecule has 1 aromatic rings. The number of benzene rings is 1. The van der Waals surface area contributed by atoms with Crippen LogP contribution in [0, 0.1) is 6.92 Å². The van der Waals surface area contributed by atoms with Crippen LogP contribution in [0.25, 0.3) is 0 Å². The van der Waals surface area contributed by atoms with E-state index >= 15 is 0 Å². The Balaban J connectivity index is 2.21. The molecule has 0 unspecified atom stereocenters. The van der Waals surface area contributed by atoms with E-state index in [0.29, 0.717) is 0 Å². The number of hydrogen-bond acceptors (Lipinski definition) is 3. The molecule has 1 aliphatic rings. The lowest BCUT2D eigenvalue weighted by molar-refractivity contribution is 0.0769. The number of nitrogens with zero attached hydrogens (tertiary/aromatic N) is 1. The summed E-state index contributed by atoms with van der Waals surface area (Å²) in [5.41, 5.74) is 2.95. The maximum absolute atomic E-state index is 12.6. The van der Waals surface area contributed by atoms with E-state index in [1.165, 1.54) is 5.56 Å². The number of thioether (sulfide) groups is 1. The molecule has 0 aromatic heterocycles. The predicted molar refractivity (Wildman–Crippen MR) is 83.2 cm³/mol. The molecule has 104 valence electrons. The van der Waals surface area contributed by atoms with Gasteiger partial charge in [-0.2, -0.15) is 11.8 Å². The number of rotatable bonds is 3. The van der Waals surface area contributed by atoms with Crippen molar-refractivity contribution in [1.29, 1.82) is 0 Å². The minimum atomic E-state index is 0.165. The van der Waals surface area contributed by atoms with Gasteiger partial charge in [-0.15, -0.1) is 0 Å². The summed E-state index contributed by atoms with van der Waals surface area (Å²) in [6.07, 6.45) is 1.10. The van der Waals surface area contributed by atoms with E-state index in [4.69, 9.17) is 0 Å². The molecule has 0 saturated carbocycles. The Kier molecular flexibility index (Phi) is 5.14. The monoisotopic (exact) mass is 278 g/mol. The molecule has 1 saturated heterocycles. The van der Waals surface area contributed by atoms with E-state index in [9.17, 15) is 4.79 Å². The van der Waals surface area contributed by atoms with Gasteiger partial charge in [0.15, 0.2) is 0 Å². The average molecular weight is 278 g/mol. The summed E-state index contributed by atoms with van der Waals surface area (Å²) in [5, 5.41) is 3.30. The van der Waals surface area contributed by atoms with E-state index < -0.39 is 0 Å². The fourth-order valence-electron chi connectivity index (χ4n) is 2.30. The molecule has 2 rings (SSSR count). The average Bonchev–Trinajstić information content (AvgIpc) is 2.67. The lowest BCUT2D eigenvalue weighted by atomic mass is 10.1. The number of nitrogens with one attached hydrogen (secondary N) is 1. The Bertz CT molecular complexity index is 440. The minimum absolute atomic E-state index is 0.165. The number of amides is 1. The Hall–Kier alpha value is -1.16. The molecule has 1 heterocycles. The van der Waals surface area contributed by atoms with Gasteiger partial charge in [0.25, 0.3) is 5.91 Å². The zero-order chi connectivity index (χ0) is 13.7. The van der Waals surface area contributed by atoms with E-state index in [0.717, 1.165) is 48.8 Å². The summed E-state index contributed by atoms with van der Waals surface area (Å²) < 4.78 is 0. The molecule has 0 spiro atoms. The highest BCUT2D eigenvalue weighted by Gasteiger charge is 2.19. The third-order valence-electron chi connectivity index (χ3n) is 3.28. The maximum atomic E-state index is 12.6. The quantitative estimate of drug-likeness (QED) is 0.922. The van der Waals surface area contributed by atoms with Crippen LogP contribution >= 0.6 is 11.8 Å². The van der Waals surface area contributed by atoms with Gasteiger partial charge in [0.05, 0.1) is 5.56 Å².